The Morgan fingerprint density at radius 1 is 1.13 bits per heavy atom. The van der Waals surface area contributed by atoms with E-state index in [2.05, 4.69) is 24.7 Å². The van der Waals surface area contributed by atoms with E-state index in [1.807, 2.05) is 17.9 Å². The molecular weight excluding hydrogens is 412 g/mol. The summed E-state index contributed by atoms with van der Waals surface area (Å²) in [5, 5.41) is 15.8. The van der Waals surface area contributed by atoms with Gasteiger partial charge < -0.3 is 9.80 Å². The zero-order valence-electron chi connectivity index (χ0n) is 16.4. The monoisotopic (exact) mass is 432 g/mol. The third-order valence-electron chi connectivity index (χ3n) is 5.03. The number of fused-ring (bicyclic) bond motifs is 1. The molecule has 0 amide bonds. The molecule has 0 atom stereocenters. The van der Waals surface area contributed by atoms with Crippen LogP contribution >= 0.6 is 0 Å². The lowest BCUT2D eigenvalue weighted by Gasteiger charge is -2.36. The molecule has 1 fully saturated rings. The van der Waals surface area contributed by atoms with Crippen LogP contribution in [0.3, 0.4) is 0 Å². The number of nitrogens with zero attached hydrogens (tertiary/aromatic N) is 7. The molecule has 0 aliphatic carbocycles. The van der Waals surface area contributed by atoms with Gasteiger partial charge in [-0.1, -0.05) is 0 Å². The van der Waals surface area contributed by atoms with Crippen molar-refractivity contribution in [2.45, 2.75) is 11.8 Å². The van der Waals surface area contributed by atoms with Crippen LogP contribution in [0.1, 0.15) is 5.69 Å². The summed E-state index contributed by atoms with van der Waals surface area (Å²) in [6.07, 6.45) is 1.45. The molecule has 0 unspecified atom stereocenters. The number of aromatic nitrogens is 4. The number of nitro benzene ring substituents is 1. The van der Waals surface area contributed by atoms with Gasteiger partial charge in [-0.05, 0) is 26.1 Å². The van der Waals surface area contributed by atoms with Crippen molar-refractivity contribution in [1.82, 2.24) is 24.3 Å². The summed E-state index contributed by atoms with van der Waals surface area (Å²) in [7, 11) is -2.50. The predicted octanol–water partition coefficient (Wildman–Crippen LogP) is 0.576. The third kappa shape index (κ3) is 3.52. The number of nitrogens with one attached hydrogen (secondary N) is 1. The fraction of sp³-hybridized carbons (Fsp3) is 0.353. The van der Waals surface area contributed by atoms with E-state index in [9.17, 15) is 18.5 Å². The van der Waals surface area contributed by atoms with Crippen LogP contribution in [0, 0.1) is 17.0 Å². The highest BCUT2D eigenvalue weighted by Crippen LogP contribution is 2.32. The van der Waals surface area contributed by atoms with Crippen LogP contribution in [0.25, 0.3) is 5.78 Å². The summed E-state index contributed by atoms with van der Waals surface area (Å²) in [5.41, 5.74) is 0.981. The summed E-state index contributed by atoms with van der Waals surface area (Å²) in [4.78, 5) is 23.4. The zero-order valence-corrected chi connectivity index (χ0v) is 17.2. The number of hydrogen-bond acceptors (Lipinski definition) is 9. The Kier molecular flexibility index (Phi) is 4.99. The van der Waals surface area contributed by atoms with E-state index < -0.39 is 14.9 Å². The third-order valence-corrected chi connectivity index (χ3v) is 6.44. The van der Waals surface area contributed by atoms with Crippen molar-refractivity contribution in [2.75, 3.05) is 43.0 Å². The van der Waals surface area contributed by atoms with Crippen LogP contribution in [0.2, 0.25) is 0 Å². The molecule has 12 nitrogen and oxygen atoms in total. The van der Waals surface area contributed by atoms with Gasteiger partial charge in [0.1, 0.15) is 17.8 Å². The summed E-state index contributed by atoms with van der Waals surface area (Å²) in [6, 6.07) is 5.89. The molecule has 1 aliphatic heterocycles. The zero-order chi connectivity index (χ0) is 21.5. The number of anilines is 2. The molecule has 0 saturated carbocycles. The summed E-state index contributed by atoms with van der Waals surface area (Å²) in [5.74, 6) is 1.38. The maximum Gasteiger partial charge on any atom is 0.293 e. The van der Waals surface area contributed by atoms with Gasteiger partial charge in [0, 0.05) is 44.0 Å². The van der Waals surface area contributed by atoms with Crippen LogP contribution in [-0.4, -0.2) is 66.1 Å². The minimum atomic E-state index is -3.77. The van der Waals surface area contributed by atoms with E-state index in [1.165, 1.54) is 25.5 Å². The normalized spacial score (nSPS) is 15.0. The van der Waals surface area contributed by atoms with Gasteiger partial charge in [-0.2, -0.15) is 14.6 Å². The van der Waals surface area contributed by atoms with Gasteiger partial charge in [-0.3, -0.25) is 10.1 Å². The van der Waals surface area contributed by atoms with E-state index >= 15 is 0 Å². The van der Waals surface area contributed by atoms with Crippen molar-refractivity contribution in [1.29, 1.82) is 0 Å². The smallest absolute Gasteiger partial charge is 0.293 e. The SMILES string of the molecule is CNS(=O)(=O)c1ccc(N2CCN(c3cc(C)nc4ncnn34)CC2)c([N+](=O)[O-])c1. The van der Waals surface area contributed by atoms with Gasteiger partial charge in [0.25, 0.3) is 11.5 Å². The molecule has 1 aliphatic rings. The Morgan fingerprint density at radius 2 is 1.83 bits per heavy atom. The van der Waals surface area contributed by atoms with Crippen molar-refractivity contribution >= 4 is 33.0 Å². The lowest BCUT2D eigenvalue weighted by molar-refractivity contribution is -0.384. The molecule has 13 heteroatoms. The van der Waals surface area contributed by atoms with Gasteiger partial charge in [0.15, 0.2) is 0 Å². The summed E-state index contributed by atoms with van der Waals surface area (Å²) >= 11 is 0. The van der Waals surface area contributed by atoms with Gasteiger partial charge in [-0.25, -0.2) is 18.1 Å². The minimum absolute atomic E-state index is 0.139. The Hall–Kier alpha value is -3.32. The highest BCUT2D eigenvalue weighted by molar-refractivity contribution is 7.89. The number of nitro groups is 1. The van der Waals surface area contributed by atoms with Crippen molar-refractivity contribution in [2.24, 2.45) is 0 Å². The average Bonchev–Trinajstić information content (AvgIpc) is 3.21. The fourth-order valence-electron chi connectivity index (χ4n) is 3.51. The van der Waals surface area contributed by atoms with Crippen LogP contribution < -0.4 is 14.5 Å². The van der Waals surface area contributed by atoms with Crippen LogP contribution in [0.4, 0.5) is 17.2 Å². The summed E-state index contributed by atoms with van der Waals surface area (Å²) in [6.45, 7) is 4.14. The molecule has 0 spiro atoms. The maximum absolute atomic E-state index is 12.0. The van der Waals surface area contributed by atoms with Gasteiger partial charge >= 0.3 is 0 Å². The number of hydrogen-bond donors (Lipinski definition) is 1. The molecular formula is C17H20N8O4S. The molecule has 3 heterocycles. The summed E-state index contributed by atoms with van der Waals surface area (Å²) < 4.78 is 27.8. The quantitative estimate of drug-likeness (QED) is 0.453. The lowest BCUT2D eigenvalue weighted by Crippen LogP contribution is -2.47. The topological polar surface area (TPSA) is 139 Å². The Balaban J connectivity index is 1.59. The highest BCUT2D eigenvalue weighted by Gasteiger charge is 2.27. The molecule has 1 aromatic carbocycles. The van der Waals surface area contributed by atoms with Gasteiger partial charge in [0.2, 0.25) is 10.0 Å². The largest absolute Gasteiger partial charge is 0.362 e. The van der Waals surface area contributed by atoms with Crippen LogP contribution in [0.15, 0.2) is 35.5 Å². The molecule has 1 saturated heterocycles. The fourth-order valence-corrected chi connectivity index (χ4v) is 4.26. The van der Waals surface area contributed by atoms with Gasteiger partial charge in [-0.15, -0.1) is 0 Å². The second kappa shape index (κ2) is 7.50. The maximum atomic E-state index is 12.0. The first-order valence-electron chi connectivity index (χ1n) is 9.19. The van der Waals surface area contributed by atoms with Crippen molar-refractivity contribution in [3.63, 3.8) is 0 Å². The molecule has 1 N–H and O–H groups in total. The number of sulfonamides is 1. The van der Waals surface area contributed by atoms with E-state index in [-0.39, 0.29) is 10.6 Å². The second-order valence-corrected chi connectivity index (χ2v) is 8.70. The Bertz CT molecular complexity index is 1220. The van der Waals surface area contributed by atoms with E-state index in [0.717, 1.165) is 17.6 Å². The van der Waals surface area contributed by atoms with E-state index in [1.54, 1.807) is 4.52 Å². The molecule has 0 bridgehead atoms. The number of rotatable bonds is 5. The first-order valence-corrected chi connectivity index (χ1v) is 10.7. The lowest BCUT2D eigenvalue weighted by atomic mass is 10.2. The predicted molar refractivity (Wildman–Crippen MR) is 109 cm³/mol. The second-order valence-electron chi connectivity index (χ2n) is 6.82. The number of benzene rings is 1. The molecule has 0 radical (unpaired) electrons. The van der Waals surface area contributed by atoms with Crippen molar-refractivity contribution < 1.29 is 13.3 Å². The Morgan fingerprint density at radius 3 is 2.50 bits per heavy atom. The van der Waals surface area contributed by atoms with Crippen LogP contribution in [-0.2, 0) is 10.0 Å². The van der Waals surface area contributed by atoms with Crippen molar-refractivity contribution in [3.05, 3.63) is 46.4 Å². The van der Waals surface area contributed by atoms with E-state index in [0.29, 0.717) is 37.6 Å². The number of aryl methyl sites for hydroxylation is 1. The molecule has 3 aromatic rings. The first kappa shape index (κ1) is 20.0. The molecule has 158 valence electrons. The standard InChI is InChI=1S/C17H20N8O4S/c1-12-9-16(24-17(21-12)19-11-20-24)23-7-5-22(6-8-23)14-4-3-13(30(28,29)18-2)10-15(14)25(26)27/h3-4,9-11,18H,5-8H2,1-2H3. The van der Waals surface area contributed by atoms with Gasteiger partial charge in [0.05, 0.1) is 9.82 Å². The molecule has 4 rings (SSSR count). The van der Waals surface area contributed by atoms with E-state index in [4.69, 9.17) is 0 Å². The highest BCUT2D eigenvalue weighted by atomic mass is 32.2. The average molecular weight is 432 g/mol. The van der Waals surface area contributed by atoms with Crippen LogP contribution in [0.5, 0.6) is 0 Å². The first-order chi connectivity index (χ1) is 14.3. The Labute approximate surface area is 172 Å². The number of piperazine rings is 1. The van der Waals surface area contributed by atoms with Crippen molar-refractivity contribution in [3.8, 4) is 0 Å². The molecule has 2 aromatic heterocycles. The minimum Gasteiger partial charge on any atom is -0.362 e. The molecule has 30 heavy (non-hydrogen) atoms.